The first-order valence-electron chi connectivity index (χ1n) is 5.43. The summed E-state index contributed by atoms with van der Waals surface area (Å²) in [6.45, 7) is 4.48. The van der Waals surface area contributed by atoms with Crippen LogP contribution in [0.25, 0.3) is 0 Å². The molecular weight excluding hydrogens is 178 g/mol. The number of nitrogens with zero attached hydrogens (tertiary/aromatic N) is 1. The van der Waals surface area contributed by atoms with Crippen molar-refractivity contribution in [1.82, 2.24) is 4.90 Å². The summed E-state index contributed by atoms with van der Waals surface area (Å²) in [6, 6.07) is 0.328. The molecule has 0 amide bonds. The summed E-state index contributed by atoms with van der Waals surface area (Å²) in [5.41, 5.74) is 0. The molecule has 0 bridgehead atoms. The van der Waals surface area contributed by atoms with Crippen LogP contribution >= 0.6 is 0 Å². The van der Waals surface area contributed by atoms with Gasteiger partial charge in [-0.05, 0) is 27.4 Å². The third kappa shape index (κ3) is 5.97. The van der Waals surface area contributed by atoms with Gasteiger partial charge in [0, 0.05) is 6.04 Å². The highest BCUT2D eigenvalue weighted by Crippen LogP contribution is 2.10. The fourth-order valence-corrected chi connectivity index (χ4v) is 1.39. The SMILES string of the molecule is CCCCC(CC(=O)OCC)N(C)C. The van der Waals surface area contributed by atoms with Gasteiger partial charge in [-0.25, -0.2) is 0 Å². The normalized spacial score (nSPS) is 12.9. The van der Waals surface area contributed by atoms with Gasteiger partial charge in [0.05, 0.1) is 13.0 Å². The molecule has 0 aliphatic rings. The van der Waals surface area contributed by atoms with Crippen LogP contribution < -0.4 is 0 Å². The summed E-state index contributed by atoms with van der Waals surface area (Å²) in [7, 11) is 4.03. The number of rotatable bonds is 7. The number of carbonyl (C=O) groups excluding carboxylic acids is 1. The van der Waals surface area contributed by atoms with Gasteiger partial charge in [0.15, 0.2) is 0 Å². The topological polar surface area (TPSA) is 29.5 Å². The average Bonchev–Trinajstić information content (AvgIpc) is 2.12. The van der Waals surface area contributed by atoms with Gasteiger partial charge in [-0.1, -0.05) is 19.8 Å². The standard InChI is InChI=1S/C11H23NO2/c1-5-7-8-10(12(3)4)9-11(13)14-6-2/h10H,5-9H2,1-4H3. The Morgan fingerprint density at radius 3 is 2.43 bits per heavy atom. The lowest BCUT2D eigenvalue weighted by molar-refractivity contribution is -0.144. The van der Waals surface area contributed by atoms with E-state index in [1.165, 1.54) is 12.8 Å². The van der Waals surface area contributed by atoms with Crippen LogP contribution in [0.2, 0.25) is 0 Å². The van der Waals surface area contributed by atoms with Gasteiger partial charge in [-0.15, -0.1) is 0 Å². The van der Waals surface area contributed by atoms with Crippen LogP contribution in [0.5, 0.6) is 0 Å². The maximum absolute atomic E-state index is 11.3. The van der Waals surface area contributed by atoms with Gasteiger partial charge in [0.1, 0.15) is 0 Å². The summed E-state index contributed by atoms with van der Waals surface area (Å²) in [5.74, 6) is -0.0812. The Labute approximate surface area is 87.4 Å². The summed E-state index contributed by atoms with van der Waals surface area (Å²) < 4.78 is 4.94. The minimum atomic E-state index is -0.0812. The van der Waals surface area contributed by atoms with Crippen molar-refractivity contribution in [2.45, 2.75) is 45.6 Å². The molecular formula is C11H23NO2. The van der Waals surface area contributed by atoms with Crippen molar-refractivity contribution in [2.75, 3.05) is 20.7 Å². The van der Waals surface area contributed by atoms with E-state index in [-0.39, 0.29) is 5.97 Å². The second kappa shape index (κ2) is 7.80. The number of hydrogen-bond acceptors (Lipinski definition) is 3. The lowest BCUT2D eigenvalue weighted by Crippen LogP contribution is -2.31. The molecule has 84 valence electrons. The molecule has 0 heterocycles. The maximum atomic E-state index is 11.3. The van der Waals surface area contributed by atoms with Crippen LogP contribution in [-0.4, -0.2) is 37.6 Å². The molecule has 0 aromatic rings. The lowest BCUT2D eigenvalue weighted by atomic mass is 10.1. The van der Waals surface area contributed by atoms with Crippen LogP contribution in [0.1, 0.15) is 39.5 Å². The quantitative estimate of drug-likeness (QED) is 0.590. The van der Waals surface area contributed by atoms with E-state index in [2.05, 4.69) is 11.8 Å². The molecule has 0 aliphatic carbocycles. The fourth-order valence-electron chi connectivity index (χ4n) is 1.39. The predicted molar refractivity (Wildman–Crippen MR) is 58.3 cm³/mol. The Hall–Kier alpha value is -0.570. The third-order valence-corrected chi connectivity index (χ3v) is 2.33. The number of hydrogen-bond donors (Lipinski definition) is 0. The molecule has 0 rings (SSSR count). The average molecular weight is 201 g/mol. The number of carbonyl (C=O) groups is 1. The van der Waals surface area contributed by atoms with Crippen molar-refractivity contribution < 1.29 is 9.53 Å². The van der Waals surface area contributed by atoms with Crippen LogP contribution in [0.4, 0.5) is 0 Å². The molecule has 1 atom stereocenters. The van der Waals surface area contributed by atoms with E-state index < -0.39 is 0 Å². The molecule has 0 saturated heterocycles. The summed E-state index contributed by atoms with van der Waals surface area (Å²) in [5, 5.41) is 0. The summed E-state index contributed by atoms with van der Waals surface area (Å²) in [4.78, 5) is 13.4. The van der Waals surface area contributed by atoms with Gasteiger partial charge in [0.25, 0.3) is 0 Å². The van der Waals surface area contributed by atoms with Crippen LogP contribution in [0.3, 0.4) is 0 Å². The predicted octanol–water partition coefficient (Wildman–Crippen LogP) is 2.06. The molecule has 3 heteroatoms. The van der Waals surface area contributed by atoms with Gasteiger partial charge >= 0.3 is 5.97 Å². The van der Waals surface area contributed by atoms with Crippen LogP contribution in [0, 0.1) is 0 Å². The summed E-state index contributed by atoms with van der Waals surface area (Å²) in [6.07, 6.45) is 3.93. The number of ether oxygens (including phenoxy) is 1. The van der Waals surface area contributed by atoms with Gasteiger partial charge in [0.2, 0.25) is 0 Å². The largest absolute Gasteiger partial charge is 0.466 e. The van der Waals surface area contributed by atoms with Gasteiger partial charge in [-0.2, -0.15) is 0 Å². The first kappa shape index (κ1) is 13.4. The van der Waals surface area contributed by atoms with E-state index in [0.717, 1.165) is 6.42 Å². The lowest BCUT2D eigenvalue weighted by Gasteiger charge is -2.23. The van der Waals surface area contributed by atoms with Crippen molar-refractivity contribution in [2.24, 2.45) is 0 Å². The Kier molecular flexibility index (Phi) is 7.48. The molecule has 14 heavy (non-hydrogen) atoms. The highest BCUT2D eigenvalue weighted by molar-refractivity contribution is 5.70. The van der Waals surface area contributed by atoms with Crippen molar-refractivity contribution in [3.05, 3.63) is 0 Å². The van der Waals surface area contributed by atoms with Crippen molar-refractivity contribution in [3.8, 4) is 0 Å². The zero-order chi connectivity index (χ0) is 11.0. The molecule has 0 fully saturated rings. The smallest absolute Gasteiger partial charge is 0.307 e. The van der Waals surface area contributed by atoms with Crippen LogP contribution in [0.15, 0.2) is 0 Å². The zero-order valence-electron chi connectivity index (χ0n) is 9.88. The summed E-state index contributed by atoms with van der Waals surface area (Å²) >= 11 is 0. The Morgan fingerprint density at radius 2 is 2.00 bits per heavy atom. The molecule has 0 N–H and O–H groups in total. The van der Waals surface area contributed by atoms with E-state index in [1.54, 1.807) is 0 Å². The minimum Gasteiger partial charge on any atom is -0.466 e. The highest BCUT2D eigenvalue weighted by Gasteiger charge is 2.15. The monoisotopic (exact) mass is 201 g/mol. The van der Waals surface area contributed by atoms with Crippen molar-refractivity contribution in [1.29, 1.82) is 0 Å². The highest BCUT2D eigenvalue weighted by atomic mass is 16.5. The molecule has 1 unspecified atom stereocenters. The minimum absolute atomic E-state index is 0.0812. The first-order valence-corrected chi connectivity index (χ1v) is 5.43. The van der Waals surface area contributed by atoms with Gasteiger partial charge < -0.3 is 9.64 Å². The Balaban J connectivity index is 3.89. The molecule has 0 saturated carbocycles. The molecule has 0 aromatic carbocycles. The third-order valence-electron chi connectivity index (χ3n) is 2.33. The zero-order valence-corrected chi connectivity index (χ0v) is 9.88. The molecule has 3 nitrogen and oxygen atoms in total. The second-order valence-corrected chi connectivity index (χ2v) is 3.77. The number of unbranched alkanes of at least 4 members (excludes halogenated alkanes) is 1. The maximum Gasteiger partial charge on any atom is 0.307 e. The first-order chi connectivity index (χ1) is 6.61. The molecule has 0 radical (unpaired) electrons. The molecule has 0 aliphatic heterocycles. The van der Waals surface area contributed by atoms with E-state index >= 15 is 0 Å². The van der Waals surface area contributed by atoms with E-state index in [1.807, 2.05) is 21.0 Å². The van der Waals surface area contributed by atoms with Crippen molar-refractivity contribution >= 4 is 5.97 Å². The van der Waals surface area contributed by atoms with E-state index in [4.69, 9.17) is 4.74 Å². The second-order valence-electron chi connectivity index (χ2n) is 3.77. The van der Waals surface area contributed by atoms with Crippen molar-refractivity contribution in [3.63, 3.8) is 0 Å². The van der Waals surface area contributed by atoms with E-state index in [9.17, 15) is 4.79 Å². The van der Waals surface area contributed by atoms with Gasteiger partial charge in [-0.3, -0.25) is 4.79 Å². The Morgan fingerprint density at radius 1 is 1.36 bits per heavy atom. The fraction of sp³-hybridized carbons (Fsp3) is 0.909. The van der Waals surface area contributed by atoms with E-state index in [0.29, 0.717) is 19.1 Å². The molecule has 0 aromatic heterocycles. The Bertz CT molecular complexity index is 157. The molecule has 0 spiro atoms. The number of esters is 1. The van der Waals surface area contributed by atoms with Crippen LogP contribution in [-0.2, 0) is 9.53 Å².